The lowest BCUT2D eigenvalue weighted by Crippen LogP contribution is -2.59. The van der Waals surface area contributed by atoms with Gasteiger partial charge >= 0.3 is 6.85 Å². The third-order valence-electron chi connectivity index (χ3n) is 6.28. The molecule has 0 radical (unpaired) electrons. The third-order valence-corrected chi connectivity index (χ3v) is 6.28. The van der Waals surface area contributed by atoms with Gasteiger partial charge in [0.05, 0.1) is 0 Å². The number of fused-ring (bicyclic) bond motifs is 2. The van der Waals surface area contributed by atoms with Gasteiger partial charge in [-0.25, -0.2) is 9.97 Å². The lowest BCUT2D eigenvalue weighted by atomic mass is 9.53. The second kappa shape index (κ2) is 7.15. The van der Waals surface area contributed by atoms with Crippen LogP contribution in [0.15, 0.2) is 73.2 Å². The molecule has 0 saturated heterocycles. The van der Waals surface area contributed by atoms with Gasteiger partial charge in [-0.1, -0.05) is 70.1 Å². The zero-order valence-corrected chi connectivity index (χ0v) is 18.8. The van der Waals surface area contributed by atoms with E-state index in [2.05, 4.69) is 104 Å². The fourth-order valence-corrected chi connectivity index (χ4v) is 4.76. The van der Waals surface area contributed by atoms with Gasteiger partial charge in [0, 0.05) is 24.3 Å². The first-order valence-electron chi connectivity index (χ1n) is 10.9. The second-order valence-corrected chi connectivity index (χ2v) is 9.32. The molecule has 0 amide bonds. The Morgan fingerprint density at radius 3 is 2.23 bits per heavy atom. The largest absolute Gasteiger partial charge is 0.328 e. The fraction of sp³-hybridized carbons (Fsp3) is 0.280. The van der Waals surface area contributed by atoms with Gasteiger partial charge in [0.25, 0.3) is 0 Å². The van der Waals surface area contributed by atoms with Crippen molar-refractivity contribution in [2.24, 2.45) is 5.41 Å². The van der Waals surface area contributed by atoms with Crippen LogP contribution in [0.1, 0.15) is 33.3 Å². The van der Waals surface area contributed by atoms with E-state index in [1.807, 2.05) is 6.07 Å². The Labute approximate surface area is 185 Å². The van der Waals surface area contributed by atoms with Crippen LogP contribution in [0.2, 0.25) is 6.82 Å². The number of rotatable bonds is 2. The quantitative estimate of drug-likeness (QED) is 0.561. The summed E-state index contributed by atoms with van der Waals surface area (Å²) in [6.07, 6.45) is 5.90. The lowest BCUT2D eigenvalue weighted by molar-refractivity contribution is 0.457. The van der Waals surface area contributed by atoms with Crippen molar-refractivity contribution in [1.29, 1.82) is 0 Å². The van der Waals surface area contributed by atoms with E-state index in [1.165, 1.54) is 16.6 Å². The van der Waals surface area contributed by atoms with Crippen LogP contribution in [0, 0.1) is 5.41 Å². The molecule has 3 heterocycles. The molecule has 1 aromatic heterocycles. The zero-order chi connectivity index (χ0) is 21.8. The van der Waals surface area contributed by atoms with E-state index in [9.17, 15) is 0 Å². The Morgan fingerprint density at radius 1 is 0.871 bits per heavy atom. The first-order chi connectivity index (χ1) is 14.9. The van der Waals surface area contributed by atoms with Crippen LogP contribution < -0.4 is 15.4 Å². The number of hydrogen-bond acceptors (Lipinski definition) is 5. The molecular weight excluding hydrogens is 381 g/mol. The standard InChI is InChI=1S/C25H28BN5/c1-18-30(19-11-7-6-8-12-19)23-24(28-16-15-27-23)31(18)29-17-21(25(2,3)4)20-13-9-10-14-22(20)26(29)5/h6-18H,1-5H3/t18-/m0/s1. The molecule has 0 N–H and O–H groups in total. The monoisotopic (exact) mass is 409 g/mol. The van der Waals surface area contributed by atoms with Gasteiger partial charge < -0.3 is 9.82 Å². The SMILES string of the molecule is CB1c2ccccc2C(C(C)(C)C)=CN1N1c2nccnc2N(c2ccccc2)[C@@H]1C. The number of allylic oxidation sites excluding steroid dienone is 1. The van der Waals surface area contributed by atoms with Crippen LogP contribution in [0.4, 0.5) is 17.3 Å². The highest BCUT2D eigenvalue weighted by Crippen LogP contribution is 2.44. The minimum absolute atomic E-state index is 0.0156. The molecule has 5 nitrogen and oxygen atoms in total. The van der Waals surface area contributed by atoms with E-state index >= 15 is 0 Å². The van der Waals surface area contributed by atoms with E-state index < -0.39 is 0 Å². The summed E-state index contributed by atoms with van der Waals surface area (Å²) < 4.78 is 0. The van der Waals surface area contributed by atoms with Gasteiger partial charge in [-0.2, -0.15) is 0 Å². The molecule has 0 fully saturated rings. The molecule has 2 aromatic carbocycles. The summed E-state index contributed by atoms with van der Waals surface area (Å²) in [5, 5.41) is 2.29. The van der Waals surface area contributed by atoms with Crippen molar-refractivity contribution in [2.45, 2.75) is 40.7 Å². The minimum atomic E-state index is 0.0156. The van der Waals surface area contributed by atoms with Crippen molar-refractivity contribution in [1.82, 2.24) is 14.9 Å². The van der Waals surface area contributed by atoms with Crippen molar-refractivity contribution in [3.8, 4) is 0 Å². The van der Waals surface area contributed by atoms with Crippen molar-refractivity contribution in [2.75, 3.05) is 9.91 Å². The number of benzene rings is 2. The van der Waals surface area contributed by atoms with Crippen molar-refractivity contribution < 1.29 is 0 Å². The van der Waals surface area contributed by atoms with E-state index in [-0.39, 0.29) is 18.4 Å². The Bertz CT molecular complexity index is 1140. The van der Waals surface area contributed by atoms with Gasteiger partial charge in [-0.15, -0.1) is 0 Å². The van der Waals surface area contributed by atoms with E-state index in [0.29, 0.717) is 0 Å². The molecule has 0 spiro atoms. The first-order valence-corrected chi connectivity index (χ1v) is 10.9. The molecule has 3 aromatic rings. The summed E-state index contributed by atoms with van der Waals surface area (Å²) in [5.41, 5.74) is 5.14. The van der Waals surface area contributed by atoms with Crippen molar-refractivity contribution in [3.63, 3.8) is 0 Å². The molecule has 1 atom stereocenters. The van der Waals surface area contributed by atoms with Crippen LogP contribution in [0.25, 0.3) is 5.57 Å². The molecular formula is C25H28BN5. The van der Waals surface area contributed by atoms with E-state index in [4.69, 9.17) is 9.97 Å². The fourth-order valence-electron chi connectivity index (χ4n) is 4.76. The zero-order valence-electron chi connectivity index (χ0n) is 18.8. The highest BCUT2D eigenvalue weighted by Gasteiger charge is 2.43. The normalized spacial score (nSPS) is 18.1. The van der Waals surface area contributed by atoms with E-state index in [1.54, 1.807) is 12.4 Å². The minimum Gasteiger partial charge on any atom is -0.328 e. The van der Waals surface area contributed by atoms with Crippen LogP contribution >= 0.6 is 0 Å². The molecule has 5 rings (SSSR count). The summed E-state index contributed by atoms with van der Waals surface area (Å²) in [6.45, 7) is 11.5. The summed E-state index contributed by atoms with van der Waals surface area (Å²) in [4.78, 5) is 14.1. The molecule has 2 aliphatic heterocycles. The van der Waals surface area contributed by atoms with Crippen LogP contribution in [0.3, 0.4) is 0 Å². The molecule has 156 valence electrons. The van der Waals surface area contributed by atoms with Crippen molar-refractivity contribution in [3.05, 3.63) is 78.8 Å². The number of para-hydroxylation sites is 1. The number of aromatic nitrogens is 2. The highest BCUT2D eigenvalue weighted by molar-refractivity contribution is 6.71. The first kappa shape index (κ1) is 19.7. The van der Waals surface area contributed by atoms with Crippen molar-refractivity contribution >= 4 is 35.2 Å². The number of hydrazine groups is 1. The third kappa shape index (κ3) is 3.09. The summed E-state index contributed by atoms with van der Waals surface area (Å²) in [7, 11) is 0. The van der Waals surface area contributed by atoms with Gasteiger partial charge in [0.15, 0.2) is 11.6 Å². The molecule has 31 heavy (non-hydrogen) atoms. The van der Waals surface area contributed by atoms with Gasteiger partial charge in [0.2, 0.25) is 0 Å². The van der Waals surface area contributed by atoms with E-state index in [0.717, 1.165) is 17.3 Å². The molecule has 0 bridgehead atoms. The maximum Gasteiger partial charge on any atom is 0.311 e. The number of hydrogen-bond donors (Lipinski definition) is 0. The Morgan fingerprint density at radius 2 is 1.52 bits per heavy atom. The maximum atomic E-state index is 4.77. The molecule has 6 heteroatoms. The number of anilines is 3. The molecule has 0 aliphatic carbocycles. The topological polar surface area (TPSA) is 35.5 Å². The maximum absolute atomic E-state index is 4.77. The second-order valence-electron chi connectivity index (χ2n) is 9.32. The predicted octanol–water partition coefficient (Wildman–Crippen LogP) is 4.93. The molecule has 2 aliphatic rings. The smallest absolute Gasteiger partial charge is 0.311 e. The molecule has 0 unspecified atom stereocenters. The van der Waals surface area contributed by atoms with Gasteiger partial charge in [-0.05, 0) is 41.1 Å². The Kier molecular flexibility index (Phi) is 4.54. The average Bonchev–Trinajstić information content (AvgIpc) is 3.06. The summed E-state index contributed by atoms with van der Waals surface area (Å²) in [5.74, 6) is 1.77. The Balaban J connectivity index is 1.66. The lowest BCUT2D eigenvalue weighted by Gasteiger charge is -2.44. The van der Waals surface area contributed by atoms with Gasteiger partial charge in [0.1, 0.15) is 6.17 Å². The van der Waals surface area contributed by atoms with Crippen LogP contribution in [-0.2, 0) is 0 Å². The predicted molar refractivity (Wildman–Crippen MR) is 130 cm³/mol. The van der Waals surface area contributed by atoms with Gasteiger partial charge in [-0.3, -0.25) is 5.01 Å². The average molecular weight is 409 g/mol. The summed E-state index contributed by atoms with van der Waals surface area (Å²) >= 11 is 0. The Hall–Kier alpha value is -3.28. The summed E-state index contributed by atoms with van der Waals surface area (Å²) in [6, 6.07) is 19.2. The highest BCUT2D eigenvalue weighted by atomic mass is 15.7. The number of nitrogens with zero attached hydrogens (tertiary/aromatic N) is 5. The van der Waals surface area contributed by atoms with Crippen LogP contribution in [0.5, 0.6) is 0 Å². The molecule has 0 saturated carbocycles. The van der Waals surface area contributed by atoms with Crippen LogP contribution in [-0.4, -0.2) is 27.9 Å².